The molecule has 0 aliphatic rings. The zero-order valence-electron chi connectivity index (χ0n) is 11.4. The van der Waals surface area contributed by atoms with Crippen LogP contribution in [0.15, 0.2) is 12.2 Å². The van der Waals surface area contributed by atoms with Gasteiger partial charge in [-0.05, 0) is 20.3 Å². The van der Waals surface area contributed by atoms with Crippen molar-refractivity contribution in [1.82, 2.24) is 10.6 Å². The van der Waals surface area contributed by atoms with Gasteiger partial charge in [-0.2, -0.15) is 0 Å². The first-order valence-electron chi connectivity index (χ1n) is 5.93. The number of amides is 2. The summed E-state index contributed by atoms with van der Waals surface area (Å²) in [6.45, 7) is 4.27. The minimum atomic E-state index is -0.628. The molecular weight excluding hydrogens is 252 g/mol. The number of rotatable bonds is 7. The van der Waals surface area contributed by atoms with Crippen LogP contribution < -0.4 is 10.6 Å². The third-order valence-electron chi connectivity index (χ3n) is 1.83. The second-order valence-electron chi connectivity index (χ2n) is 3.93. The molecule has 19 heavy (non-hydrogen) atoms. The number of urea groups is 1. The van der Waals surface area contributed by atoms with E-state index in [2.05, 4.69) is 15.4 Å². The van der Waals surface area contributed by atoms with Gasteiger partial charge in [-0.3, -0.25) is 0 Å². The van der Waals surface area contributed by atoms with Crippen LogP contribution in [0.1, 0.15) is 20.3 Å². The molecule has 0 spiro atoms. The predicted octanol–water partition coefficient (Wildman–Crippen LogP) is 0.357. The van der Waals surface area contributed by atoms with Gasteiger partial charge in [0.1, 0.15) is 0 Å². The highest BCUT2D eigenvalue weighted by atomic mass is 16.5. The molecule has 0 aromatic carbocycles. The van der Waals surface area contributed by atoms with E-state index < -0.39 is 11.9 Å². The fourth-order valence-electron chi connectivity index (χ4n) is 1.01. The molecule has 0 unspecified atom stereocenters. The van der Waals surface area contributed by atoms with Gasteiger partial charge in [-0.1, -0.05) is 0 Å². The third kappa shape index (κ3) is 10.8. The van der Waals surface area contributed by atoms with Gasteiger partial charge in [-0.15, -0.1) is 0 Å². The molecule has 108 valence electrons. The smallest absolute Gasteiger partial charge is 0.331 e. The van der Waals surface area contributed by atoms with Crippen LogP contribution in [0.3, 0.4) is 0 Å². The molecule has 7 heteroatoms. The zero-order valence-corrected chi connectivity index (χ0v) is 11.4. The fourth-order valence-corrected chi connectivity index (χ4v) is 1.01. The van der Waals surface area contributed by atoms with Crippen LogP contribution in [-0.4, -0.2) is 44.3 Å². The maximum absolute atomic E-state index is 11.2. The number of hydrogen-bond acceptors (Lipinski definition) is 5. The van der Waals surface area contributed by atoms with E-state index in [-0.39, 0.29) is 18.7 Å². The average Bonchev–Trinajstić information content (AvgIpc) is 2.34. The van der Waals surface area contributed by atoms with Gasteiger partial charge >= 0.3 is 18.0 Å². The van der Waals surface area contributed by atoms with Crippen LogP contribution in [0.25, 0.3) is 0 Å². The Labute approximate surface area is 112 Å². The molecule has 7 nitrogen and oxygen atoms in total. The molecular formula is C12H20N2O5. The van der Waals surface area contributed by atoms with E-state index >= 15 is 0 Å². The van der Waals surface area contributed by atoms with Gasteiger partial charge in [0.15, 0.2) is 0 Å². The minimum absolute atomic E-state index is 0.0706. The van der Waals surface area contributed by atoms with Crippen molar-refractivity contribution < 1.29 is 23.9 Å². The molecule has 0 rings (SSSR count). The van der Waals surface area contributed by atoms with Gasteiger partial charge in [-0.25, -0.2) is 14.4 Å². The number of carbonyl (C=O) groups excluding carboxylic acids is 3. The van der Waals surface area contributed by atoms with Crippen molar-refractivity contribution in [2.75, 3.05) is 20.3 Å². The zero-order chi connectivity index (χ0) is 14.7. The lowest BCUT2D eigenvalue weighted by atomic mass is 10.4. The van der Waals surface area contributed by atoms with E-state index in [1.807, 2.05) is 13.8 Å². The van der Waals surface area contributed by atoms with Crippen molar-refractivity contribution in [2.45, 2.75) is 26.3 Å². The lowest BCUT2D eigenvalue weighted by Gasteiger charge is -2.09. The van der Waals surface area contributed by atoms with E-state index in [1.54, 1.807) is 0 Å². The molecule has 0 saturated heterocycles. The molecule has 2 N–H and O–H groups in total. The normalized spacial score (nSPS) is 10.3. The third-order valence-corrected chi connectivity index (χ3v) is 1.83. The van der Waals surface area contributed by atoms with E-state index in [0.717, 1.165) is 12.2 Å². The summed E-state index contributed by atoms with van der Waals surface area (Å²) < 4.78 is 9.11. The number of carbonyl (C=O) groups is 3. The molecule has 2 amide bonds. The Morgan fingerprint density at radius 2 is 1.79 bits per heavy atom. The highest BCUT2D eigenvalue weighted by Gasteiger charge is 2.02. The Morgan fingerprint density at radius 1 is 1.16 bits per heavy atom. The molecule has 0 aliphatic carbocycles. The Bertz CT molecular complexity index is 339. The Balaban J connectivity index is 3.59. The van der Waals surface area contributed by atoms with Gasteiger partial charge < -0.3 is 20.1 Å². The van der Waals surface area contributed by atoms with Crippen LogP contribution in [0.5, 0.6) is 0 Å². The SMILES string of the molecule is COC(=O)/C=C/C(=O)OCCCNC(=O)NC(C)C. The summed E-state index contributed by atoms with van der Waals surface area (Å²) >= 11 is 0. The molecule has 0 aromatic heterocycles. The van der Waals surface area contributed by atoms with E-state index in [9.17, 15) is 14.4 Å². The fraction of sp³-hybridized carbons (Fsp3) is 0.583. The van der Waals surface area contributed by atoms with Crippen molar-refractivity contribution in [3.63, 3.8) is 0 Å². The quantitative estimate of drug-likeness (QED) is 0.396. The van der Waals surface area contributed by atoms with Crippen LogP contribution in [0.4, 0.5) is 4.79 Å². The topological polar surface area (TPSA) is 93.7 Å². The maximum Gasteiger partial charge on any atom is 0.331 e. The monoisotopic (exact) mass is 272 g/mol. The van der Waals surface area contributed by atoms with E-state index in [4.69, 9.17) is 4.74 Å². The summed E-state index contributed by atoms with van der Waals surface area (Å²) in [6, 6.07) is -0.187. The summed E-state index contributed by atoms with van der Waals surface area (Å²) in [6.07, 6.45) is 2.46. The van der Waals surface area contributed by atoms with Gasteiger partial charge in [0.2, 0.25) is 0 Å². The molecule has 0 aromatic rings. The van der Waals surface area contributed by atoms with E-state index in [0.29, 0.717) is 13.0 Å². The second-order valence-corrected chi connectivity index (χ2v) is 3.93. The Kier molecular flexibility index (Phi) is 8.86. The van der Waals surface area contributed by atoms with Gasteiger partial charge in [0.25, 0.3) is 0 Å². The van der Waals surface area contributed by atoms with E-state index in [1.165, 1.54) is 7.11 Å². The van der Waals surface area contributed by atoms with Crippen molar-refractivity contribution in [2.24, 2.45) is 0 Å². The maximum atomic E-state index is 11.2. The first kappa shape index (κ1) is 16.9. The number of esters is 2. The predicted molar refractivity (Wildman–Crippen MR) is 68.4 cm³/mol. The summed E-state index contributed by atoms with van der Waals surface area (Å²) in [7, 11) is 1.21. The summed E-state index contributed by atoms with van der Waals surface area (Å²) in [5.41, 5.74) is 0. The molecule has 0 heterocycles. The van der Waals surface area contributed by atoms with Crippen LogP contribution in [0.2, 0.25) is 0 Å². The van der Waals surface area contributed by atoms with Crippen LogP contribution >= 0.6 is 0 Å². The average molecular weight is 272 g/mol. The molecule has 0 saturated carbocycles. The number of ether oxygens (including phenoxy) is 2. The number of nitrogens with one attached hydrogen (secondary N) is 2. The molecule has 0 bridgehead atoms. The van der Waals surface area contributed by atoms with Crippen molar-refractivity contribution in [3.05, 3.63) is 12.2 Å². The van der Waals surface area contributed by atoms with Crippen molar-refractivity contribution >= 4 is 18.0 Å². The number of methoxy groups -OCH3 is 1. The highest BCUT2D eigenvalue weighted by Crippen LogP contribution is 1.87. The van der Waals surface area contributed by atoms with Crippen LogP contribution in [-0.2, 0) is 19.1 Å². The Morgan fingerprint density at radius 3 is 2.37 bits per heavy atom. The minimum Gasteiger partial charge on any atom is -0.466 e. The van der Waals surface area contributed by atoms with Gasteiger partial charge in [0, 0.05) is 24.7 Å². The van der Waals surface area contributed by atoms with Crippen molar-refractivity contribution in [1.29, 1.82) is 0 Å². The summed E-state index contributed by atoms with van der Waals surface area (Å²) in [5.74, 6) is -1.25. The standard InChI is InChI=1S/C12H20N2O5/c1-9(2)14-12(17)13-7-4-8-19-11(16)6-5-10(15)18-3/h5-6,9H,4,7-8H2,1-3H3,(H2,13,14,17)/b6-5+. The molecule has 0 aliphatic heterocycles. The lowest BCUT2D eigenvalue weighted by molar-refractivity contribution is -0.139. The first-order valence-corrected chi connectivity index (χ1v) is 5.93. The highest BCUT2D eigenvalue weighted by molar-refractivity contribution is 5.91. The molecule has 0 atom stereocenters. The Hall–Kier alpha value is -2.05. The van der Waals surface area contributed by atoms with Crippen molar-refractivity contribution in [3.8, 4) is 0 Å². The molecule has 0 fully saturated rings. The molecule has 0 radical (unpaired) electrons. The van der Waals surface area contributed by atoms with Crippen LogP contribution in [0, 0.1) is 0 Å². The summed E-state index contributed by atoms with van der Waals surface area (Å²) in [5, 5.41) is 5.27. The van der Waals surface area contributed by atoms with Gasteiger partial charge in [0.05, 0.1) is 13.7 Å². The number of hydrogen-bond donors (Lipinski definition) is 2. The summed E-state index contributed by atoms with van der Waals surface area (Å²) in [4.78, 5) is 32.9. The largest absolute Gasteiger partial charge is 0.466 e. The first-order chi connectivity index (χ1) is 8.95. The second kappa shape index (κ2) is 9.93. The lowest BCUT2D eigenvalue weighted by Crippen LogP contribution is -2.40.